The minimum Gasteiger partial charge on any atom is -0.315 e. The molecule has 1 heterocycles. The fraction of sp³-hybridized carbons (Fsp3) is 0.750. The van der Waals surface area contributed by atoms with Crippen LogP contribution in [-0.4, -0.2) is 31.7 Å². The van der Waals surface area contributed by atoms with Gasteiger partial charge in [0.1, 0.15) is 5.01 Å². The van der Waals surface area contributed by atoms with Crippen molar-refractivity contribution in [2.45, 2.75) is 45.4 Å². The molecule has 0 amide bonds. The third kappa shape index (κ3) is 5.56. The summed E-state index contributed by atoms with van der Waals surface area (Å²) in [5.74, 6) is 0. The number of hydrogen-bond donors (Lipinski definition) is 2. The van der Waals surface area contributed by atoms with Crippen molar-refractivity contribution in [3.8, 4) is 0 Å². The molecule has 0 spiro atoms. The van der Waals surface area contributed by atoms with Gasteiger partial charge in [-0.1, -0.05) is 13.8 Å². The van der Waals surface area contributed by atoms with Gasteiger partial charge in [-0.05, 0) is 26.3 Å². The summed E-state index contributed by atoms with van der Waals surface area (Å²) < 4.78 is 26.6. The summed E-state index contributed by atoms with van der Waals surface area (Å²) in [5, 5.41) is 3.49. The second-order valence-corrected chi connectivity index (χ2v) is 7.84. The van der Waals surface area contributed by atoms with E-state index in [-0.39, 0.29) is 6.54 Å². The molecule has 1 rings (SSSR count). The lowest BCUT2D eigenvalue weighted by molar-refractivity contribution is 0.556. The number of nitrogens with zero attached hydrogens (tertiary/aromatic N) is 1. The van der Waals surface area contributed by atoms with Crippen molar-refractivity contribution in [2.24, 2.45) is 0 Å². The van der Waals surface area contributed by atoms with Crippen LogP contribution in [0, 0.1) is 0 Å². The SMILES string of the molecule is CCCNCC(C)S(=O)(=O)NCc1ncc(CC)s1. The van der Waals surface area contributed by atoms with Crippen molar-refractivity contribution in [1.82, 2.24) is 15.0 Å². The van der Waals surface area contributed by atoms with E-state index in [4.69, 9.17) is 0 Å². The van der Waals surface area contributed by atoms with E-state index < -0.39 is 15.3 Å². The van der Waals surface area contributed by atoms with E-state index in [0.29, 0.717) is 6.54 Å². The Morgan fingerprint density at radius 3 is 2.74 bits per heavy atom. The summed E-state index contributed by atoms with van der Waals surface area (Å²) in [4.78, 5) is 5.37. The number of nitrogens with one attached hydrogen (secondary N) is 2. The van der Waals surface area contributed by atoms with Gasteiger partial charge in [-0.15, -0.1) is 11.3 Å². The molecule has 0 bridgehead atoms. The van der Waals surface area contributed by atoms with Crippen LogP contribution in [0.5, 0.6) is 0 Å². The lowest BCUT2D eigenvalue weighted by Gasteiger charge is -2.13. The van der Waals surface area contributed by atoms with Crippen molar-refractivity contribution >= 4 is 21.4 Å². The lowest BCUT2D eigenvalue weighted by atomic mass is 10.4. The van der Waals surface area contributed by atoms with E-state index in [1.165, 1.54) is 4.88 Å². The summed E-state index contributed by atoms with van der Waals surface area (Å²) in [7, 11) is -3.28. The van der Waals surface area contributed by atoms with Crippen LogP contribution in [0.15, 0.2) is 6.20 Å². The van der Waals surface area contributed by atoms with Gasteiger partial charge in [0.2, 0.25) is 10.0 Å². The monoisotopic (exact) mass is 305 g/mol. The number of thiazole rings is 1. The van der Waals surface area contributed by atoms with Crippen LogP contribution in [0.25, 0.3) is 0 Å². The van der Waals surface area contributed by atoms with Crippen LogP contribution < -0.4 is 10.0 Å². The first-order chi connectivity index (χ1) is 8.99. The lowest BCUT2D eigenvalue weighted by Crippen LogP contribution is -2.38. The molecule has 0 radical (unpaired) electrons. The molecule has 0 fully saturated rings. The summed E-state index contributed by atoms with van der Waals surface area (Å²) in [6.07, 6.45) is 3.74. The molecule has 19 heavy (non-hydrogen) atoms. The number of hydrogen-bond acceptors (Lipinski definition) is 5. The predicted molar refractivity (Wildman–Crippen MR) is 79.9 cm³/mol. The van der Waals surface area contributed by atoms with E-state index in [1.807, 2.05) is 0 Å². The fourth-order valence-corrected chi connectivity index (χ4v) is 3.34. The first-order valence-corrected chi connectivity index (χ1v) is 8.98. The molecule has 2 N–H and O–H groups in total. The van der Waals surface area contributed by atoms with Crippen LogP contribution in [0.2, 0.25) is 0 Å². The zero-order valence-electron chi connectivity index (χ0n) is 11.8. The average Bonchev–Trinajstić information content (AvgIpc) is 2.84. The minimum atomic E-state index is -3.28. The van der Waals surface area contributed by atoms with Gasteiger partial charge in [0, 0.05) is 17.6 Å². The second-order valence-electron chi connectivity index (χ2n) is 4.45. The molecule has 0 aliphatic heterocycles. The molecular weight excluding hydrogens is 282 g/mol. The molecule has 0 aliphatic rings. The molecule has 0 saturated heterocycles. The highest BCUT2D eigenvalue weighted by Gasteiger charge is 2.20. The van der Waals surface area contributed by atoms with Crippen LogP contribution >= 0.6 is 11.3 Å². The predicted octanol–water partition coefficient (Wildman–Crippen LogP) is 1.51. The maximum Gasteiger partial charge on any atom is 0.215 e. The van der Waals surface area contributed by atoms with Gasteiger partial charge >= 0.3 is 0 Å². The van der Waals surface area contributed by atoms with E-state index in [1.54, 1.807) is 24.5 Å². The highest BCUT2D eigenvalue weighted by atomic mass is 32.2. The van der Waals surface area contributed by atoms with E-state index in [2.05, 4.69) is 28.9 Å². The van der Waals surface area contributed by atoms with E-state index >= 15 is 0 Å². The number of aromatic nitrogens is 1. The Hall–Kier alpha value is -0.500. The molecule has 7 heteroatoms. The van der Waals surface area contributed by atoms with Gasteiger partial charge in [-0.2, -0.15) is 0 Å². The Morgan fingerprint density at radius 2 is 2.16 bits per heavy atom. The van der Waals surface area contributed by atoms with Crippen molar-refractivity contribution < 1.29 is 8.42 Å². The number of sulfonamides is 1. The smallest absolute Gasteiger partial charge is 0.215 e. The topological polar surface area (TPSA) is 71.1 Å². The molecule has 0 aliphatic carbocycles. The Kier molecular flexibility index (Phi) is 6.92. The summed E-state index contributed by atoms with van der Waals surface area (Å²) in [6, 6.07) is 0. The molecule has 1 atom stereocenters. The summed E-state index contributed by atoms with van der Waals surface area (Å²) >= 11 is 1.55. The highest BCUT2D eigenvalue weighted by molar-refractivity contribution is 7.90. The average molecular weight is 305 g/mol. The highest BCUT2D eigenvalue weighted by Crippen LogP contribution is 2.13. The third-order valence-electron chi connectivity index (χ3n) is 2.76. The van der Waals surface area contributed by atoms with Crippen molar-refractivity contribution in [2.75, 3.05) is 13.1 Å². The van der Waals surface area contributed by atoms with Gasteiger partial charge in [-0.25, -0.2) is 18.1 Å². The maximum absolute atomic E-state index is 12.0. The number of rotatable bonds is 9. The first kappa shape index (κ1) is 16.6. The second kappa shape index (κ2) is 7.94. The maximum atomic E-state index is 12.0. The molecule has 5 nitrogen and oxygen atoms in total. The molecule has 1 aromatic heterocycles. The van der Waals surface area contributed by atoms with E-state index in [0.717, 1.165) is 24.4 Å². The molecule has 0 saturated carbocycles. The Bertz CT molecular complexity index is 471. The van der Waals surface area contributed by atoms with Crippen LogP contribution in [0.4, 0.5) is 0 Å². The van der Waals surface area contributed by atoms with Crippen LogP contribution in [-0.2, 0) is 23.0 Å². The van der Waals surface area contributed by atoms with Gasteiger partial charge in [-0.3, -0.25) is 0 Å². The van der Waals surface area contributed by atoms with Crippen molar-refractivity contribution in [3.63, 3.8) is 0 Å². The van der Waals surface area contributed by atoms with Crippen LogP contribution in [0.1, 0.15) is 37.1 Å². The zero-order chi connectivity index (χ0) is 14.3. The standard InChI is InChI=1S/C12H23N3O2S2/c1-4-6-13-7-10(3)19(16,17)15-9-12-14-8-11(5-2)18-12/h8,10,13,15H,4-7,9H2,1-3H3. The minimum absolute atomic E-state index is 0.283. The van der Waals surface area contributed by atoms with E-state index in [9.17, 15) is 8.42 Å². The van der Waals surface area contributed by atoms with Gasteiger partial charge in [0.15, 0.2) is 0 Å². The largest absolute Gasteiger partial charge is 0.315 e. The molecule has 110 valence electrons. The molecular formula is C12H23N3O2S2. The fourth-order valence-electron chi connectivity index (χ4n) is 1.49. The molecule has 1 unspecified atom stereocenters. The Morgan fingerprint density at radius 1 is 1.42 bits per heavy atom. The third-order valence-corrected chi connectivity index (χ3v) is 5.68. The van der Waals surface area contributed by atoms with Crippen LogP contribution in [0.3, 0.4) is 0 Å². The van der Waals surface area contributed by atoms with Crippen molar-refractivity contribution in [1.29, 1.82) is 0 Å². The first-order valence-electron chi connectivity index (χ1n) is 6.62. The quantitative estimate of drug-likeness (QED) is 0.679. The molecule has 1 aromatic rings. The Labute approximate surface area is 119 Å². The van der Waals surface area contributed by atoms with Gasteiger partial charge in [0.25, 0.3) is 0 Å². The van der Waals surface area contributed by atoms with Crippen molar-refractivity contribution in [3.05, 3.63) is 16.1 Å². The normalized spacial score (nSPS) is 13.6. The van der Waals surface area contributed by atoms with Gasteiger partial charge in [0.05, 0.1) is 11.8 Å². The number of aryl methyl sites for hydroxylation is 1. The van der Waals surface area contributed by atoms with Gasteiger partial charge < -0.3 is 5.32 Å². The zero-order valence-corrected chi connectivity index (χ0v) is 13.4. The molecule has 0 aromatic carbocycles. The Balaban J connectivity index is 2.45. The summed E-state index contributed by atoms with van der Waals surface area (Å²) in [5.41, 5.74) is 0. The summed E-state index contributed by atoms with van der Waals surface area (Å²) in [6.45, 7) is 7.42.